The molecule has 0 unspecified atom stereocenters. The molecule has 0 spiro atoms. The van der Waals surface area contributed by atoms with Crippen molar-refractivity contribution in [3.63, 3.8) is 0 Å². The van der Waals surface area contributed by atoms with Gasteiger partial charge in [-0.05, 0) is 42.5 Å². The van der Waals surface area contributed by atoms with Gasteiger partial charge in [0.15, 0.2) is 0 Å². The van der Waals surface area contributed by atoms with Gasteiger partial charge >= 0.3 is 5.97 Å². The van der Waals surface area contributed by atoms with E-state index in [1.165, 1.54) is 25.4 Å². The molecular weight excluding hydrogens is 452 g/mol. The lowest BCUT2D eigenvalue weighted by atomic mass is 10.2. The van der Waals surface area contributed by atoms with Gasteiger partial charge in [0.25, 0.3) is 0 Å². The number of carbonyl (C=O) groups excluding carboxylic acids is 1. The van der Waals surface area contributed by atoms with E-state index in [1.807, 2.05) is 36.4 Å². The highest BCUT2D eigenvalue weighted by molar-refractivity contribution is 14.1. The Balaban J connectivity index is 2.27. The van der Waals surface area contributed by atoms with Gasteiger partial charge in [0.2, 0.25) is 5.88 Å². The Morgan fingerprint density at radius 1 is 1.33 bits per heavy atom. The van der Waals surface area contributed by atoms with Crippen LogP contribution < -0.4 is 9.47 Å². The van der Waals surface area contributed by atoms with Gasteiger partial charge in [-0.25, -0.2) is 14.2 Å². The van der Waals surface area contributed by atoms with E-state index < -0.39 is 11.8 Å². The molecule has 0 fully saturated rings. The molecule has 128 valence electrons. The number of nitrogens with zero attached hydrogens (tertiary/aromatic N) is 1. The number of hydrogen-bond donors (Lipinski definition) is 0. The Labute approximate surface area is 157 Å². The third kappa shape index (κ3) is 4.47. The number of ether oxygens (including phenoxy) is 3. The summed E-state index contributed by atoms with van der Waals surface area (Å²) in [6.45, 7) is 3.72. The average Bonchev–Trinajstić information content (AvgIpc) is 2.52. The molecule has 0 saturated carbocycles. The van der Waals surface area contributed by atoms with Crippen molar-refractivity contribution in [1.82, 2.24) is 4.98 Å². The molecule has 0 aliphatic carbocycles. The molecule has 1 aromatic heterocycles. The second kappa shape index (κ2) is 7.98. The molecule has 0 bridgehead atoms. The first-order valence-electron chi connectivity index (χ1n) is 6.89. The van der Waals surface area contributed by atoms with E-state index in [4.69, 9.17) is 21.1 Å². The standard InChI is InChI=1S/C16H14ClFINO4/c1-8(2)23-15-11(17)4-9(7-20-15)24-14-6-12(18)10(5-13(14)19)16(21)22-3/h4-8H,1-3H3. The van der Waals surface area contributed by atoms with Crippen molar-refractivity contribution >= 4 is 40.2 Å². The number of pyridine rings is 1. The molecule has 2 aromatic rings. The zero-order chi connectivity index (χ0) is 17.9. The molecule has 5 nitrogen and oxygen atoms in total. The molecule has 8 heteroatoms. The molecule has 2 rings (SSSR count). The fourth-order valence-corrected chi connectivity index (χ4v) is 2.55. The van der Waals surface area contributed by atoms with Gasteiger partial charge in [-0.15, -0.1) is 0 Å². The topological polar surface area (TPSA) is 57.7 Å². The molecule has 0 atom stereocenters. The molecule has 0 radical (unpaired) electrons. The summed E-state index contributed by atoms with van der Waals surface area (Å²) in [5, 5.41) is 0.280. The van der Waals surface area contributed by atoms with Crippen LogP contribution in [0.4, 0.5) is 4.39 Å². The van der Waals surface area contributed by atoms with Gasteiger partial charge in [0, 0.05) is 12.1 Å². The summed E-state index contributed by atoms with van der Waals surface area (Å²) < 4.78 is 30.1. The van der Waals surface area contributed by atoms with Crippen LogP contribution in [0.1, 0.15) is 24.2 Å². The summed E-state index contributed by atoms with van der Waals surface area (Å²) in [6, 6.07) is 3.98. The smallest absolute Gasteiger partial charge is 0.340 e. The number of methoxy groups -OCH3 is 1. The van der Waals surface area contributed by atoms with Crippen molar-refractivity contribution in [2.75, 3.05) is 7.11 Å². The van der Waals surface area contributed by atoms with Gasteiger partial charge < -0.3 is 14.2 Å². The first-order valence-corrected chi connectivity index (χ1v) is 8.35. The minimum atomic E-state index is -0.753. The minimum Gasteiger partial charge on any atom is -0.474 e. The van der Waals surface area contributed by atoms with Crippen LogP contribution in [-0.4, -0.2) is 24.2 Å². The first-order chi connectivity index (χ1) is 11.3. The molecular formula is C16H14ClFINO4. The number of benzene rings is 1. The van der Waals surface area contributed by atoms with Crippen LogP contribution in [0.25, 0.3) is 0 Å². The van der Waals surface area contributed by atoms with E-state index in [0.29, 0.717) is 15.2 Å². The van der Waals surface area contributed by atoms with Crippen molar-refractivity contribution < 1.29 is 23.4 Å². The van der Waals surface area contributed by atoms with Crippen molar-refractivity contribution in [1.29, 1.82) is 0 Å². The van der Waals surface area contributed by atoms with Crippen LogP contribution in [0, 0.1) is 9.39 Å². The summed E-state index contributed by atoms with van der Waals surface area (Å²) in [4.78, 5) is 15.6. The van der Waals surface area contributed by atoms with E-state index in [2.05, 4.69) is 9.72 Å². The molecule has 0 amide bonds. The summed E-state index contributed by atoms with van der Waals surface area (Å²) >= 11 is 8.02. The van der Waals surface area contributed by atoms with Crippen LogP contribution in [0.2, 0.25) is 5.02 Å². The van der Waals surface area contributed by atoms with Crippen molar-refractivity contribution in [3.8, 4) is 17.4 Å². The maximum Gasteiger partial charge on any atom is 0.340 e. The lowest BCUT2D eigenvalue weighted by Crippen LogP contribution is -2.07. The lowest BCUT2D eigenvalue weighted by molar-refractivity contribution is 0.0595. The second-order valence-corrected chi connectivity index (χ2v) is 6.55. The Morgan fingerprint density at radius 3 is 2.62 bits per heavy atom. The molecule has 0 saturated heterocycles. The molecule has 0 aliphatic heterocycles. The van der Waals surface area contributed by atoms with Crippen LogP contribution in [-0.2, 0) is 4.74 Å². The number of halogens is 3. The first kappa shape index (κ1) is 18.7. The molecule has 0 aliphatic rings. The van der Waals surface area contributed by atoms with E-state index in [0.717, 1.165) is 6.07 Å². The fourth-order valence-electron chi connectivity index (χ4n) is 1.77. The van der Waals surface area contributed by atoms with Crippen LogP contribution in [0.5, 0.6) is 17.4 Å². The van der Waals surface area contributed by atoms with Gasteiger partial charge in [0.05, 0.1) is 28.5 Å². The second-order valence-electron chi connectivity index (χ2n) is 4.98. The SMILES string of the molecule is COC(=O)c1cc(I)c(Oc2cnc(OC(C)C)c(Cl)c2)cc1F. The van der Waals surface area contributed by atoms with E-state index >= 15 is 0 Å². The van der Waals surface area contributed by atoms with Crippen LogP contribution in [0.15, 0.2) is 24.4 Å². The normalized spacial score (nSPS) is 10.6. The minimum absolute atomic E-state index is 0.0670. The van der Waals surface area contributed by atoms with Crippen molar-refractivity contribution in [2.45, 2.75) is 20.0 Å². The Hall–Kier alpha value is -1.61. The predicted octanol–water partition coefficient (Wildman–Crippen LogP) is 4.84. The Morgan fingerprint density at radius 2 is 2.04 bits per heavy atom. The zero-order valence-corrected chi connectivity index (χ0v) is 16.0. The van der Waals surface area contributed by atoms with E-state index in [9.17, 15) is 9.18 Å². The molecule has 0 N–H and O–H groups in total. The third-order valence-corrected chi connectivity index (χ3v) is 3.90. The summed E-state index contributed by atoms with van der Waals surface area (Å²) in [5.74, 6) is -0.649. The summed E-state index contributed by atoms with van der Waals surface area (Å²) in [6.07, 6.45) is 1.36. The third-order valence-electron chi connectivity index (χ3n) is 2.78. The summed E-state index contributed by atoms with van der Waals surface area (Å²) in [7, 11) is 1.19. The van der Waals surface area contributed by atoms with Gasteiger partial charge in [-0.1, -0.05) is 11.6 Å². The summed E-state index contributed by atoms with van der Waals surface area (Å²) in [5.41, 5.74) is -0.161. The largest absolute Gasteiger partial charge is 0.474 e. The molecule has 1 aromatic carbocycles. The maximum atomic E-state index is 14.0. The van der Waals surface area contributed by atoms with Crippen LogP contribution in [0.3, 0.4) is 0 Å². The van der Waals surface area contributed by atoms with Crippen molar-refractivity contribution in [2.24, 2.45) is 0 Å². The Kier molecular flexibility index (Phi) is 6.22. The average molecular weight is 466 g/mol. The van der Waals surface area contributed by atoms with Crippen molar-refractivity contribution in [3.05, 3.63) is 44.4 Å². The quantitative estimate of drug-likeness (QED) is 0.467. The predicted molar refractivity (Wildman–Crippen MR) is 95.5 cm³/mol. The highest BCUT2D eigenvalue weighted by Crippen LogP contribution is 2.32. The van der Waals surface area contributed by atoms with Crippen LogP contribution >= 0.6 is 34.2 Å². The number of carbonyl (C=O) groups is 1. The highest BCUT2D eigenvalue weighted by Gasteiger charge is 2.17. The zero-order valence-electron chi connectivity index (χ0n) is 13.1. The van der Waals surface area contributed by atoms with Gasteiger partial charge in [-0.3, -0.25) is 0 Å². The number of aromatic nitrogens is 1. The lowest BCUT2D eigenvalue weighted by Gasteiger charge is -2.13. The van der Waals surface area contributed by atoms with Gasteiger partial charge in [0.1, 0.15) is 22.3 Å². The number of rotatable bonds is 5. The molecule has 24 heavy (non-hydrogen) atoms. The Bertz CT molecular complexity index is 770. The monoisotopic (exact) mass is 465 g/mol. The van der Waals surface area contributed by atoms with E-state index in [1.54, 1.807) is 0 Å². The maximum absolute atomic E-state index is 14.0. The fraction of sp³-hybridized carbons (Fsp3) is 0.250. The highest BCUT2D eigenvalue weighted by atomic mass is 127. The number of hydrogen-bond acceptors (Lipinski definition) is 5. The van der Waals surface area contributed by atoms with E-state index in [-0.39, 0.29) is 22.4 Å². The number of esters is 1. The molecule has 1 heterocycles. The van der Waals surface area contributed by atoms with Gasteiger partial charge in [-0.2, -0.15) is 0 Å².